The molecule has 0 radical (unpaired) electrons. The zero-order valence-electron chi connectivity index (χ0n) is 11.8. The predicted octanol–water partition coefficient (Wildman–Crippen LogP) is 2.88. The SMILES string of the molecule is CCOc1cccc(-c2nc3ccc(S(=O)(=O)O)cc3[nH]2)c1. The number of hydrogen-bond acceptors (Lipinski definition) is 4. The molecule has 0 aliphatic rings. The number of imidazole rings is 1. The quantitative estimate of drug-likeness (QED) is 0.722. The molecule has 22 heavy (non-hydrogen) atoms. The standard InChI is InChI=1S/C15H14N2O4S/c1-2-21-11-5-3-4-10(8-11)15-16-13-7-6-12(22(18,19)20)9-14(13)17-15/h3-9H,2H2,1H3,(H,16,17)(H,18,19,20). The molecule has 0 spiro atoms. The van der Waals surface area contributed by atoms with Crippen LogP contribution in [0.1, 0.15) is 6.92 Å². The molecule has 2 aromatic carbocycles. The third-order valence-electron chi connectivity index (χ3n) is 3.17. The summed E-state index contributed by atoms with van der Waals surface area (Å²) in [6.45, 7) is 2.48. The average molecular weight is 318 g/mol. The Morgan fingerprint density at radius 1 is 1.23 bits per heavy atom. The van der Waals surface area contributed by atoms with Crippen LogP contribution in [-0.2, 0) is 10.1 Å². The van der Waals surface area contributed by atoms with Crippen LogP contribution in [0.15, 0.2) is 47.4 Å². The predicted molar refractivity (Wildman–Crippen MR) is 82.5 cm³/mol. The van der Waals surface area contributed by atoms with Crippen LogP contribution in [-0.4, -0.2) is 29.5 Å². The van der Waals surface area contributed by atoms with Gasteiger partial charge in [0, 0.05) is 5.56 Å². The summed E-state index contributed by atoms with van der Waals surface area (Å²) < 4.78 is 36.9. The van der Waals surface area contributed by atoms with Crippen molar-refractivity contribution in [2.24, 2.45) is 0 Å². The summed E-state index contributed by atoms with van der Waals surface area (Å²) in [5, 5.41) is 0. The zero-order chi connectivity index (χ0) is 15.7. The van der Waals surface area contributed by atoms with E-state index in [1.165, 1.54) is 12.1 Å². The number of benzene rings is 2. The van der Waals surface area contributed by atoms with E-state index in [0.29, 0.717) is 23.5 Å². The van der Waals surface area contributed by atoms with Gasteiger partial charge in [0.25, 0.3) is 10.1 Å². The Morgan fingerprint density at radius 2 is 2.05 bits per heavy atom. The molecule has 7 heteroatoms. The van der Waals surface area contributed by atoms with Gasteiger partial charge in [-0.25, -0.2) is 4.98 Å². The Kier molecular flexibility index (Phi) is 3.59. The number of nitrogens with zero attached hydrogens (tertiary/aromatic N) is 1. The molecule has 0 amide bonds. The van der Waals surface area contributed by atoms with Crippen LogP contribution in [0.4, 0.5) is 0 Å². The average Bonchev–Trinajstić information content (AvgIpc) is 2.90. The molecule has 1 heterocycles. The Bertz CT molecular complexity index is 932. The summed E-state index contributed by atoms with van der Waals surface area (Å²) in [7, 11) is -4.23. The molecule has 0 aliphatic carbocycles. The number of nitrogens with one attached hydrogen (secondary N) is 1. The summed E-state index contributed by atoms with van der Waals surface area (Å²) >= 11 is 0. The van der Waals surface area contributed by atoms with Crippen molar-refractivity contribution in [3.05, 3.63) is 42.5 Å². The smallest absolute Gasteiger partial charge is 0.294 e. The highest BCUT2D eigenvalue weighted by atomic mass is 32.2. The van der Waals surface area contributed by atoms with Gasteiger partial charge >= 0.3 is 0 Å². The topological polar surface area (TPSA) is 92.3 Å². The van der Waals surface area contributed by atoms with Crippen molar-refractivity contribution < 1.29 is 17.7 Å². The Balaban J connectivity index is 2.07. The molecule has 0 aliphatic heterocycles. The number of aromatic nitrogens is 2. The Hall–Kier alpha value is -2.38. The second kappa shape index (κ2) is 5.43. The monoisotopic (exact) mass is 318 g/mol. The second-order valence-corrected chi connectivity index (χ2v) is 6.12. The van der Waals surface area contributed by atoms with E-state index in [0.717, 1.165) is 11.3 Å². The lowest BCUT2D eigenvalue weighted by Crippen LogP contribution is -1.97. The maximum atomic E-state index is 11.2. The minimum Gasteiger partial charge on any atom is -0.494 e. The van der Waals surface area contributed by atoms with E-state index < -0.39 is 10.1 Å². The number of H-pyrrole nitrogens is 1. The van der Waals surface area contributed by atoms with Crippen molar-refractivity contribution in [3.8, 4) is 17.1 Å². The Labute approximate surface area is 127 Å². The van der Waals surface area contributed by atoms with E-state index in [1.807, 2.05) is 31.2 Å². The van der Waals surface area contributed by atoms with Crippen LogP contribution in [0.25, 0.3) is 22.4 Å². The molecule has 3 rings (SSSR count). The number of rotatable bonds is 4. The van der Waals surface area contributed by atoms with Crippen molar-refractivity contribution in [1.29, 1.82) is 0 Å². The van der Waals surface area contributed by atoms with Gasteiger partial charge in [-0.05, 0) is 37.3 Å². The molecule has 0 saturated carbocycles. The van der Waals surface area contributed by atoms with E-state index in [-0.39, 0.29) is 4.90 Å². The largest absolute Gasteiger partial charge is 0.494 e. The maximum Gasteiger partial charge on any atom is 0.294 e. The van der Waals surface area contributed by atoms with Crippen molar-refractivity contribution >= 4 is 21.2 Å². The summed E-state index contributed by atoms with van der Waals surface area (Å²) in [5.41, 5.74) is 1.98. The van der Waals surface area contributed by atoms with E-state index >= 15 is 0 Å². The summed E-state index contributed by atoms with van der Waals surface area (Å²) in [6, 6.07) is 11.7. The maximum absolute atomic E-state index is 11.2. The fraction of sp³-hybridized carbons (Fsp3) is 0.133. The zero-order valence-corrected chi connectivity index (χ0v) is 12.6. The van der Waals surface area contributed by atoms with E-state index in [4.69, 9.17) is 9.29 Å². The van der Waals surface area contributed by atoms with Crippen LogP contribution in [0, 0.1) is 0 Å². The lowest BCUT2D eigenvalue weighted by atomic mass is 10.2. The lowest BCUT2D eigenvalue weighted by molar-refractivity contribution is 0.340. The molecule has 2 N–H and O–H groups in total. The highest BCUT2D eigenvalue weighted by Gasteiger charge is 2.12. The number of aromatic amines is 1. The number of fused-ring (bicyclic) bond motifs is 1. The van der Waals surface area contributed by atoms with Gasteiger partial charge in [0.2, 0.25) is 0 Å². The van der Waals surface area contributed by atoms with Crippen molar-refractivity contribution in [2.45, 2.75) is 11.8 Å². The Morgan fingerprint density at radius 3 is 2.77 bits per heavy atom. The van der Waals surface area contributed by atoms with Crippen LogP contribution >= 0.6 is 0 Å². The third kappa shape index (κ3) is 2.81. The van der Waals surface area contributed by atoms with Gasteiger partial charge in [-0.1, -0.05) is 12.1 Å². The summed E-state index contributed by atoms with van der Waals surface area (Å²) in [5.74, 6) is 1.34. The van der Waals surface area contributed by atoms with E-state index in [1.54, 1.807) is 6.07 Å². The molecular weight excluding hydrogens is 304 g/mol. The van der Waals surface area contributed by atoms with Crippen molar-refractivity contribution in [2.75, 3.05) is 6.61 Å². The van der Waals surface area contributed by atoms with E-state index in [2.05, 4.69) is 9.97 Å². The van der Waals surface area contributed by atoms with Crippen molar-refractivity contribution in [1.82, 2.24) is 9.97 Å². The van der Waals surface area contributed by atoms with Crippen LogP contribution in [0.3, 0.4) is 0 Å². The fourth-order valence-corrected chi connectivity index (χ4v) is 2.69. The first kappa shape index (κ1) is 14.6. The highest BCUT2D eigenvalue weighted by molar-refractivity contribution is 7.85. The molecule has 0 unspecified atom stereocenters. The normalized spacial score (nSPS) is 11.7. The molecule has 6 nitrogen and oxygen atoms in total. The minimum atomic E-state index is -4.23. The number of ether oxygens (including phenoxy) is 1. The lowest BCUT2D eigenvalue weighted by Gasteiger charge is -2.03. The molecular formula is C15H14N2O4S. The third-order valence-corrected chi connectivity index (χ3v) is 4.02. The first-order chi connectivity index (χ1) is 10.5. The van der Waals surface area contributed by atoms with E-state index in [9.17, 15) is 8.42 Å². The number of hydrogen-bond donors (Lipinski definition) is 2. The summed E-state index contributed by atoms with van der Waals surface area (Å²) in [4.78, 5) is 7.30. The van der Waals surface area contributed by atoms with Gasteiger partial charge in [0.05, 0.1) is 22.5 Å². The first-order valence-corrected chi connectivity index (χ1v) is 8.12. The van der Waals surface area contributed by atoms with Gasteiger partial charge in [-0.15, -0.1) is 0 Å². The van der Waals surface area contributed by atoms with Gasteiger partial charge in [0.15, 0.2) is 0 Å². The highest BCUT2D eigenvalue weighted by Crippen LogP contribution is 2.25. The molecule has 0 atom stereocenters. The molecule has 0 fully saturated rings. The van der Waals surface area contributed by atoms with Crippen LogP contribution in [0.2, 0.25) is 0 Å². The van der Waals surface area contributed by atoms with Gasteiger partial charge in [0.1, 0.15) is 11.6 Å². The van der Waals surface area contributed by atoms with Gasteiger partial charge in [-0.3, -0.25) is 4.55 Å². The summed E-state index contributed by atoms with van der Waals surface area (Å²) in [6.07, 6.45) is 0. The molecule has 114 valence electrons. The fourth-order valence-electron chi connectivity index (χ4n) is 2.19. The molecule has 1 aromatic heterocycles. The van der Waals surface area contributed by atoms with Crippen LogP contribution < -0.4 is 4.74 Å². The van der Waals surface area contributed by atoms with Gasteiger partial charge in [-0.2, -0.15) is 8.42 Å². The van der Waals surface area contributed by atoms with Gasteiger partial charge < -0.3 is 9.72 Å². The molecule has 3 aromatic rings. The van der Waals surface area contributed by atoms with Crippen molar-refractivity contribution in [3.63, 3.8) is 0 Å². The van der Waals surface area contributed by atoms with Crippen LogP contribution in [0.5, 0.6) is 5.75 Å². The first-order valence-electron chi connectivity index (χ1n) is 6.68. The molecule has 0 bridgehead atoms. The minimum absolute atomic E-state index is 0.168. The molecule has 0 saturated heterocycles. The second-order valence-electron chi connectivity index (χ2n) is 4.70.